The Morgan fingerprint density at radius 2 is 2.42 bits per heavy atom. The van der Waals surface area contributed by atoms with E-state index >= 15 is 0 Å². The molecule has 6 nitrogen and oxygen atoms in total. The Labute approximate surface area is 114 Å². The molecule has 106 valence electrons. The highest BCUT2D eigenvalue weighted by Crippen LogP contribution is 2.20. The fourth-order valence-electron chi connectivity index (χ4n) is 2.29. The highest BCUT2D eigenvalue weighted by molar-refractivity contribution is 7.88. The fraction of sp³-hybridized carbons (Fsp3) is 0.583. The zero-order chi connectivity index (χ0) is 13.7. The summed E-state index contributed by atoms with van der Waals surface area (Å²) in [7, 11) is -3.11. The van der Waals surface area contributed by atoms with Crippen molar-refractivity contribution in [3.05, 3.63) is 30.1 Å². The molecule has 2 N–H and O–H groups in total. The summed E-state index contributed by atoms with van der Waals surface area (Å²) in [6, 6.07) is 4.24. The van der Waals surface area contributed by atoms with Crippen LogP contribution in [0.5, 0.6) is 0 Å². The van der Waals surface area contributed by atoms with Crippen molar-refractivity contribution >= 4 is 10.0 Å². The van der Waals surface area contributed by atoms with Crippen LogP contribution in [0.25, 0.3) is 0 Å². The highest BCUT2D eigenvalue weighted by atomic mass is 32.2. The Balaban J connectivity index is 1.97. The Morgan fingerprint density at radius 1 is 1.58 bits per heavy atom. The zero-order valence-corrected chi connectivity index (χ0v) is 11.9. The van der Waals surface area contributed by atoms with E-state index < -0.39 is 10.0 Å². The third kappa shape index (κ3) is 4.54. The van der Waals surface area contributed by atoms with Crippen LogP contribution in [0.4, 0.5) is 0 Å². The average molecular weight is 284 g/mol. The molecular formula is C12H20N4O2S. The van der Waals surface area contributed by atoms with Crippen LogP contribution in [-0.4, -0.2) is 57.3 Å². The molecule has 0 saturated carbocycles. The number of piperazine rings is 1. The van der Waals surface area contributed by atoms with Gasteiger partial charge in [-0.1, -0.05) is 6.07 Å². The molecule has 7 heteroatoms. The van der Waals surface area contributed by atoms with Crippen LogP contribution < -0.4 is 10.0 Å². The van der Waals surface area contributed by atoms with Gasteiger partial charge in [0.1, 0.15) is 0 Å². The van der Waals surface area contributed by atoms with Gasteiger partial charge in [-0.2, -0.15) is 0 Å². The Kier molecular flexibility index (Phi) is 4.87. The van der Waals surface area contributed by atoms with Crippen LogP contribution >= 0.6 is 0 Å². The predicted molar refractivity (Wildman–Crippen MR) is 74.3 cm³/mol. The lowest BCUT2D eigenvalue weighted by Crippen LogP contribution is -2.48. The Hall–Kier alpha value is -1.02. The van der Waals surface area contributed by atoms with Crippen molar-refractivity contribution in [1.82, 2.24) is 19.9 Å². The summed E-state index contributed by atoms with van der Waals surface area (Å²) in [6.07, 6.45) is 4.81. The molecule has 2 heterocycles. The van der Waals surface area contributed by atoms with Gasteiger partial charge in [-0.25, -0.2) is 13.1 Å². The smallest absolute Gasteiger partial charge is 0.208 e. The SMILES string of the molecule is CS(=O)(=O)NCCN1CCNCC1c1cccnc1. The maximum Gasteiger partial charge on any atom is 0.208 e. The number of nitrogens with zero attached hydrogens (tertiary/aromatic N) is 2. The third-order valence-electron chi connectivity index (χ3n) is 3.19. The van der Waals surface area contributed by atoms with Gasteiger partial charge in [0.2, 0.25) is 10.0 Å². The van der Waals surface area contributed by atoms with Crippen molar-refractivity contribution in [1.29, 1.82) is 0 Å². The summed E-state index contributed by atoms with van der Waals surface area (Å²) in [6.45, 7) is 3.84. The van der Waals surface area contributed by atoms with Crippen molar-refractivity contribution in [3.63, 3.8) is 0 Å². The highest BCUT2D eigenvalue weighted by Gasteiger charge is 2.23. The number of rotatable bonds is 5. The van der Waals surface area contributed by atoms with E-state index in [0.29, 0.717) is 13.1 Å². The quantitative estimate of drug-likeness (QED) is 0.768. The molecule has 0 amide bonds. The van der Waals surface area contributed by atoms with E-state index in [1.54, 1.807) is 6.20 Å². The zero-order valence-electron chi connectivity index (χ0n) is 11.0. The third-order valence-corrected chi connectivity index (χ3v) is 3.92. The summed E-state index contributed by atoms with van der Waals surface area (Å²) in [5, 5.41) is 3.36. The van der Waals surface area contributed by atoms with E-state index in [1.165, 1.54) is 6.26 Å². The van der Waals surface area contributed by atoms with Crippen LogP contribution in [0.2, 0.25) is 0 Å². The van der Waals surface area contributed by atoms with Crippen molar-refractivity contribution in [2.75, 3.05) is 39.0 Å². The molecular weight excluding hydrogens is 264 g/mol. The van der Waals surface area contributed by atoms with Crippen molar-refractivity contribution in [3.8, 4) is 0 Å². The van der Waals surface area contributed by atoms with E-state index in [9.17, 15) is 8.42 Å². The lowest BCUT2D eigenvalue weighted by molar-refractivity contribution is 0.165. The predicted octanol–water partition coefficient (Wildman–Crippen LogP) is -0.423. The number of hydrogen-bond acceptors (Lipinski definition) is 5. The lowest BCUT2D eigenvalue weighted by atomic mass is 10.1. The minimum atomic E-state index is -3.11. The molecule has 0 aromatic carbocycles. The molecule has 1 aliphatic rings. The van der Waals surface area contributed by atoms with Gasteiger partial charge in [0.15, 0.2) is 0 Å². The number of aromatic nitrogens is 1. The minimum Gasteiger partial charge on any atom is -0.314 e. The second-order valence-electron chi connectivity index (χ2n) is 4.71. The summed E-state index contributed by atoms with van der Waals surface area (Å²) < 4.78 is 24.7. The maximum absolute atomic E-state index is 11.1. The first-order valence-electron chi connectivity index (χ1n) is 6.35. The van der Waals surface area contributed by atoms with Crippen molar-refractivity contribution in [2.45, 2.75) is 6.04 Å². The molecule has 0 aliphatic carbocycles. The Bertz CT molecular complexity index is 492. The molecule has 0 radical (unpaired) electrons. The van der Waals surface area contributed by atoms with Crippen LogP contribution in [0.15, 0.2) is 24.5 Å². The topological polar surface area (TPSA) is 74.3 Å². The van der Waals surface area contributed by atoms with Gasteiger partial charge < -0.3 is 5.32 Å². The summed E-state index contributed by atoms with van der Waals surface area (Å²) in [4.78, 5) is 6.43. The van der Waals surface area contributed by atoms with E-state index in [2.05, 4.69) is 26.0 Å². The van der Waals surface area contributed by atoms with E-state index in [0.717, 1.165) is 25.2 Å². The maximum atomic E-state index is 11.1. The molecule has 2 rings (SSSR count). The van der Waals surface area contributed by atoms with Crippen LogP contribution in [-0.2, 0) is 10.0 Å². The van der Waals surface area contributed by atoms with Gasteiger partial charge in [-0.3, -0.25) is 9.88 Å². The molecule has 0 bridgehead atoms. The van der Waals surface area contributed by atoms with Gasteiger partial charge in [-0.15, -0.1) is 0 Å². The number of pyridine rings is 1. The molecule has 1 aromatic rings. The molecule has 19 heavy (non-hydrogen) atoms. The molecule has 1 aromatic heterocycles. The normalized spacial score (nSPS) is 21.4. The van der Waals surface area contributed by atoms with Gasteiger partial charge >= 0.3 is 0 Å². The van der Waals surface area contributed by atoms with Gasteiger partial charge in [0.05, 0.1) is 6.26 Å². The molecule has 1 saturated heterocycles. The monoisotopic (exact) mass is 284 g/mol. The Morgan fingerprint density at radius 3 is 3.11 bits per heavy atom. The molecule has 1 unspecified atom stereocenters. The average Bonchev–Trinajstić information content (AvgIpc) is 2.39. The van der Waals surface area contributed by atoms with E-state index in [1.807, 2.05) is 12.3 Å². The van der Waals surface area contributed by atoms with Gasteiger partial charge in [0, 0.05) is 51.2 Å². The number of nitrogens with one attached hydrogen (secondary N) is 2. The first-order valence-corrected chi connectivity index (χ1v) is 8.25. The van der Waals surface area contributed by atoms with E-state index in [4.69, 9.17) is 0 Å². The second kappa shape index (κ2) is 6.42. The van der Waals surface area contributed by atoms with Crippen LogP contribution in [0, 0.1) is 0 Å². The van der Waals surface area contributed by atoms with Gasteiger partial charge in [0.25, 0.3) is 0 Å². The number of hydrogen-bond donors (Lipinski definition) is 2. The number of sulfonamides is 1. The standard InChI is InChI=1S/C12H20N4O2S/c1-19(17,18)15-6-8-16-7-5-14-10-12(16)11-3-2-4-13-9-11/h2-4,9,12,14-15H,5-8,10H2,1H3. The molecule has 1 aliphatic heterocycles. The molecule has 0 spiro atoms. The van der Waals surface area contributed by atoms with E-state index in [-0.39, 0.29) is 6.04 Å². The fourth-order valence-corrected chi connectivity index (χ4v) is 2.75. The van der Waals surface area contributed by atoms with Gasteiger partial charge in [-0.05, 0) is 11.6 Å². The molecule has 1 atom stereocenters. The van der Waals surface area contributed by atoms with Crippen LogP contribution in [0.1, 0.15) is 11.6 Å². The first-order chi connectivity index (χ1) is 9.06. The summed E-state index contributed by atoms with van der Waals surface area (Å²) in [5.41, 5.74) is 1.16. The summed E-state index contributed by atoms with van der Waals surface area (Å²) >= 11 is 0. The first kappa shape index (κ1) is 14.4. The largest absolute Gasteiger partial charge is 0.314 e. The van der Waals surface area contributed by atoms with Crippen molar-refractivity contribution < 1.29 is 8.42 Å². The minimum absolute atomic E-state index is 0.254. The molecule has 1 fully saturated rings. The lowest BCUT2D eigenvalue weighted by Gasteiger charge is -2.36. The second-order valence-corrected chi connectivity index (χ2v) is 6.54. The van der Waals surface area contributed by atoms with Crippen molar-refractivity contribution in [2.24, 2.45) is 0 Å². The van der Waals surface area contributed by atoms with Crippen LogP contribution in [0.3, 0.4) is 0 Å². The summed E-state index contributed by atoms with van der Waals surface area (Å²) in [5.74, 6) is 0.